The number of hydrogen-bond acceptors (Lipinski definition) is 3. The summed E-state index contributed by atoms with van der Waals surface area (Å²) in [6.45, 7) is 5.45. The van der Waals surface area contributed by atoms with E-state index in [0.29, 0.717) is 25.3 Å². The van der Waals surface area contributed by atoms with Crippen LogP contribution in [0.15, 0.2) is 6.07 Å². The predicted molar refractivity (Wildman–Crippen MR) is 54.0 cm³/mol. The molecule has 1 amide bonds. The molecule has 78 valence electrons. The molecule has 0 aliphatic carbocycles. The Bertz CT molecular complexity index is 319. The molecule has 1 heterocycles. The van der Waals surface area contributed by atoms with Gasteiger partial charge in [-0.15, -0.1) is 0 Å². The van der Waals surface area contributed by atoms with Crippen LogP contribution in [0, 0.1) is 6.92 Å². The lowest BCUT2D eigenvalue weighted by Crippen LogP contribution is -2.30. The van der Waals surface area contributed by atoms with Crippen LogP contribution in [0.25, 0.3) is 0 Å². The zero-order chi connectivity index (χ0) is 10.6. The van der Waals surface area contributed by atoms with Crippen molar-refractivity contribution in [1.29, 1.82) is 0 Å². The third kappa shape index (κ3) is 2.32. The van der Waals surface area contributed by atoms with Crippen molar-refractivity contribution in [2.75, 3.05) is 13.1 Å². The molecule has 0 radical (unpaired) electrons. The van der Waals surface area contributed by atoms with Gasteiger partial charge in [-0.2, -0.15) is 5.10 Å². The number of nitrogens with zero attached hydrogens (tertiary/aromatic N) is 2. The number of carbonyl (C=O) groups excluding carboxylic acids is 1. The molecule has 1 aromatic heterocycles. The molecule has 0 bridgehead atoms. The van der Waals surface area contributed by atoms with Gasteiger partial charge in [-0.25, -0.2) is 0 Å². The van der Waals surface area contributed by atoms with Crippen LogP contribution in [0.1, 0.15) is 23.1 Å². The summed E-state index contributed by atoms with van der Waals surface area (Å²) in [6, 6.07) is 1.77. The molecule has 0 aromatic carbocycles. The normalized spacial score (nSPS) is 10.2. The molecular weight excluding hydrogens is 180 g/mol. The molecule has 0 saturated carbocycles. The van der Waals surface area contributed by atoms with Crippen molar-refractivity contribution in [3.05, 3.63) is 17.5 Å². The Morgan fingerprint density at radius 3 is 3.00 bits per heavy atom. The smallest absolute Gasteiger partial charge is 0.269 e. The van der Waals surface area contributed by atoms with Gasteiger partial charge in [-0.3, -0.25) is 9.48 Å². The van der Waals surface area contributed by atoms with Crippen LogP contribution in [0.2, 0.25) is 0 Å². The van der Waals surface area contributed by atoms with Gasteiger partial charge in [0.05, 0.1) is 5.69 Å². The lowest BCUT2D eigenvalue weighted by molar-refractivity contribution is 0.0944. The SMILES string of the molecule is CCn1nc(C)cc1C(=O)NCCN. The van der Waals surface area contributed by atoms with Gasteiger partial charge in [-0.1, -0.05) is 0 Å². The van der Waals surface area contributed by atoms with Crippen LogP contribution in [-0.2, 0) is 6.54 Å². The Morgan fingerprint density at radius 2 is 2.43 bits per heavy atom. The van der Waals surface area contributed by atoms with E-state index < -0.39 is 0 Å². The number of aryl methyl sites for hydroxylation is 2. The van der Waals surface area contributed by atoms with Crippen LogP contribution in [0.4, 0.5) is 0 Å². The first kappa shape index (κ1) is 10.7. The summed E-state index contributed by atoms with van der Waals surface area (Å²) in [5.41, 5.74) is 6.74. The Morgan fingerprint density at radius 1 is 1.71 bits per heavy atom. The van der Waals surface area contributed by atoms with Gasteiger partial charge in [-0.05, 0) is 19.9 Å². The number of hydrogen-bond donors (Lipinski definition) is 2. The van der Waals surface area contributed by atoms with E-state index in [2.05, 4.69) is 10.4 Å². The molecule has 0 saturated heterocycles. The minimum atomic E-state index is -0.113. The number of rotatable bonds is 4. The summed E-state index contributed by atoms with van der Waals surface area (Å²) in [5, 5.41) is 6.89. The molecule has 0 aliphatic rings. The Labute approximate surface area is 83.3 Å². The first-order valence-corrected chi connectivity index (χ1v) is 4.71. The predicted octanol–water partition coefficient (Wildman–Crippen LogP) is -0.100. The molecule has 1 rings (SSSR count). The monoisotopic (exact) mass is 196 g/mol. The molecular formula is C9H16N4O. The summed E-state index contributed by atoms with van der Waals surface area (Å²) in [7, 11) is 0. The first-order valence-electron chi connectivity index (χ1n) is 4.71. The van der Waals surface area contributed by atoms with Crippen LogP contribution in [0.5, 0.6) is 0 Å². The fourth-order valence-electron chi connectivity index (χ4n) is 1.25. The summed E-state index contributed by atoms with van der Waals surface area (Å²) < 4.78 is 1.68. The van der Waals surface area contributed by atoms with Crippen LogP contribution >= 0.6 is 0 Å². The molecule has 0 unspecified atom stereocenters. The minimum Gasteiger partial charge on any atom is -0.349 e. The highest BCUT2D eigenvalue weighted by Crippen LogP contribution is 2.03. The molecule has 3 N–H and O–H groups in total. The summed E-state index contributed by atoms with van der Waals surface area (Å²) >= 11 is 0. The fourth-order valence-corrected chi connectivity index (χ4v) is 1.25. The number of amides is 1. The van der Waals surface area contributed by atoms with Crippen molar-refractivity contribution in [1.82, 2.24) is 15.1 Å². The quantitative estimate of drug-likeness (QED) is 0.706. The minimum absolute atomic E-state index is 0.113. The standard InChI is InChI=1S/C9H16N4O/c1-3-13-8(6-7(2)12-13)9(14)11-5-4-10/h6H,3-5,10H2,1-2H3,(H,11,14). The Balaban J connectivity index is 2.77. The lowest BCUT2D eigenvalue weighted by Gasteiger charge is -2.04. The van der Waals surface area contributed by atoms with E-state index in [9.17, 15) is 4.79 Å². The number of aromatic nitrogens is 2. The van der Waals surface area contributed by atoms with Crippen LogP contribution < -0.4 is 11.1 Å². The van der Waals surface area contributed by atoms with Gasteiger partial charge >= 0.3 is 0 Å². The second kappa shape index (κ2) is 4.76. The van der Waals surface area contributed by atoms with E-state index in [1.807, 2.05) is 13.8 Å². The van der Waals surface area contributed by atoms with Crippen molar-refractivity contribution in [3.8, 4) is 0 Å². The molecule has 0 fully saturated rings. The topological polar surface area (TPSA) is 72.9 Å². The van der Waals surface area contributed by atoms with Crippen molar-refractivity contribution < 1.29 is 4.79 Å². The second-order valence-electron chi connectivity index (χ2n) is 3.03. The maximum Gasteiger partial charge on any atom is 0.269 e. The zero-order valence-corrected chi connectivity index (χ0v) is 8.58. The molecule has 5 nitrogen and oxygen atoms in total. The molecule has 1 aromatic rings. The average Bonchev–Trinajstić information content (AvgIpc) is 2.56. The first-order chi connectivity index (χ1) is 6.69. The lowest BCUT2D eigenvalue weighted by atomic mass is 10.3. The van der Waals surface area contributed by atoms with Crippen molar-refractivity contribution in [2.24, 2.45) is 5.73 Å². The van der Waals surface area contributed by atoms with E-state index >= 15 is 0 Å². The third-order valence-corrected chi connectivity index (χ3v) is 1.86. The summed E-state index contributed by atoms with van der Waals surface area (Å²) in [4.78, 5) is 11.6. The highest BCUT2D eigenvalue weighted by atomic mass is 16.2. The van der Waals surface area contributed by atoms with Crippen molar-refractivity contribution in [2.45, 2.75) is 20.4 Å². The summed E-state index contributed by atoms with van der Waals surface area (Å²) in [5.74, 6) is -0.113. The number of nitrogens with two attached hydrogens (primary N) is 1. The molecule has 0 aliphatic heterocycles. The number of nitrogens with one attached hydrogen (secondary N) is 1. The average molecular weight is 196 g/mol. The van der Waals surface area contributed by atoms with Crippen LogP contribution in [-0.4, -0.2) is 28.8 Å². The highest BCUT2D eigenvalue weighted by Gasteiger charge is 2.11. The Kier molecular flexibility index (Phi) is 3.64. The molecule has 14 heavy (non-hydrogen) atoms. The Hall–Kier alpha value is -1.36. The maximum absolute atomic E-state index is 11.6. The molecule has 0 spiro atoms. The van der Waals surface area contributed by atoms with Crippen molar-refractivity contribution >= 4 is 5.91 Å². The molecule has 5 heteroatoms. The van der Waals surface area contributed by atoms with Gasteiger partial charge in [0.1, 0.15) is 5.69 Å². The van der Waals surface area contributed by atoms with Crippen LogP contribution in [0.3, 0.4) is 0 Å². The largest absolute Gasteiger partial charge is 0.349 e. The maximum atomic E-state index is 11.6. The highest BCUT2D eigenvalue weighted by molar-refractivity contribution is 5.92. The van der Waals surface area contributed by atoms with Crippen molar-refractivity contribution in [3.63, 3.8) is 0 Å². The van der Waals surface area contributed by atoms with Gasteiger partial charge in [0.15, 0.2) is 0 Å². The van der Waals surface area contributed by atoms with E-state index in [4.69, 9.17) is 5.73 Å². The van der Waals surface area contributed by atoms with E-state index in [-0.39, 0.29) is 5.91 Å². The third-order valence-electron chi connectivity index (χ3n) is 1.86. The van der Waals surface area contributed by atoms with Gasteiger partial charge < -0.3 is 11.1 Å². The summed E-state index contributed by atoms with van der Waals surface area (Å²) in [6.07, 6.45) is 0. The zero-order valence-electron chi connectivity index (χ0n) is 8.58. The molecule has 0 atom stereocenters. The fraction of sp³-hybridized carbons (Fsp3) is 0.556. The van der Waals surface area contributed by atoms with E-state index in [1.54, 1.807) is 10.7 Å². The van der Waals surface area contributed by atoms with Gasteiger partial charge in [0.2, 0.25) is 0 Å². The van der Waals surface area contributed by atoms with E-state index in [0.717, 1.165) is 5.69 Å². The van der Waals surface area contributed by atoms with Gasteiger partial charge in [0, 0.05) is 19.6 Å². The second-order valence-corrected chi connectivity index (χ2v) is 3.03. The number of carbonyl (C=O) groups is 1. The van der Waals surface area contributed by atoms with E-state index in [1.165, 1.54) is 0 Å². The van der Waals surface area contributed by atoms with Gasteiger partial charge in [0.25, 0.3) is 5.91 Å².